The van der Waals surface area contributed by atoms with E-state index in [0.29, 0.717) is 31.2 Å². The molecule has 1 saturated heterocycles. The summed E-state index contributed by atoms with van der Waals surface area (Å²) in [4.78, 5) is 17.3. The van der Waals surface area contributed by atoms with Gasteiger partial charge < -0.3 is 10.2 Å². The molecule has 0 aromatic heterocycles. The second-order valence-corrected chi connectivity index (χ2v) is 7.96. The van der Waals surface area contributed by atoms with E-state index in [1.807, 2.05) is 43.0 Å². The Morgan fingerprint density at radius 3 is 2.55 bits per heavy atom. The summed E-state index contributed by atoms with van der Waals surface area (Å²) in [6.07, 6.45) is 0.761. The molecule has 0 aliphatic carbocycles. The van der Waals surface area contributed by atoms with Crippen LogP contribution < -0.4 is 5.32 Å². The predicted octanol–water partition coefficient (Wildman–Crippen LogP) is 4.08. The van der Waals surface area contributed by atoms with Crippen LogP contribution in [-0.2, 0) is 17.9 Å². The fraction of sp³-hybridized carbons (Fsp3) is 0.435. The van der Waals surface area contributed by atoms with Gasteiger partial charge in [-0.25, -0.2) is 4.39 Å². The number of likely N-dealkylation sites (tertiary alicyclic amines) is 1. The number of benzene rings is 2. The van der Waals surface area contributed by atoms with E-state index in [2.05, 4.69) is 10.2 Å². The van der Waals surface area contributed by atoms with Crippen molar-refractivity contribution in [3.8, 4) is 0 Å². The minimum absolute atomic E-state index is 0.153. The molecule has 6 heteroatoms. The monoisotopic (exact) mass is 417 g/mol. The maximum absolute atomic E-state index is 13.1. The molecule has 1 aliphatic rings. The van der Waals surface area contributed by atoms with E-state index in [9.17, 15) is 9.18 Å². The zero-order chi connectivity index (χ0) is 20.8. The number of halogens is 2. The van der Waals surface area contributed by atoms with Crippen LogP contribution in [-0.4, -0.2) is 47.4 Å². The summed E-state index contributed by atoms with van der Waals surface area (Å²) in [6, 6.07) is 14.4. The van der Waals surface area contributed by atoms with Gasteiger partial charge in [-0.05, 0) is 55.7 Å². The van der Waals surface area contributed by atoms with E-state index in [-0.39, 0.29) is 23.8 Å². The lowest BCUT2D eigenvalue weighted by Crippen LogP contribution is -2.45. The van der Waals surface area contributed by atoms with Crippen molar-refractivity contribution in [2.24, 2.45) is 0 Å². The summed E-state index contributed by atoms with van der Waals surface area (Å²) < 4.78 is 13.1. The zero-order valence-corrected chi connectivity index (χ0v) is 17.8. The molecule has 1 aliphatic heterocycles. The molecular formula is C23H29ClFN3O. The van der Waals surface area contributed by atoms with Crippen molar-refractivity contribution in [2.75, 3.05) is 19.6 Å². The molecule has 0 bridgehead atoms. The van der Waals surface area contributed by atoms with Crippen LogP contribution in [0.3, 0.4) is 0 Å². The molecule has 2 aromatic rings. The second-order valence-electron chi connectivity index (χ2n) is 7.53. The Morgan fingerprint density at radius 1 is 1.17 bits per heavy atom. The topological polar surface area (TPSA) is 35.6 Å². The van der Waals surface area contributed by atoms with Crippen LogP contribution in [0.2, 0.25) is 5.02 Å². The van der Waals surface area contributed by atoms with Crippen molar-refractivity contribution in [3.05, 3.63) is 70.5 Å². The molecule has 2 aromatic carbocycles. The fourth-order valence-electron chi connectivity index (χ4n) is 3.96. The average molecular weight is 418 g/mol. The Hall–Kier alpha value is -1.95. The van der Waals surface area contributed by atoms with Crippen LogP contribution in [0.15, 0.2) is 48.5 Å². The third-order valence-corrected chi connectivity index (χ3v) is 5.78. The fourth-order valence-corrected chi connectivity index (χ4v) is 4.18. The largest absolute Gasteiger partial charge is 0.342 e. The van der Waals surface area contributed by atoms with Gasteiger partial charge in [0.15, 0.2) is 0 Å². The molecule has 0 saturated carbocycles. The smallest absolute Gasteiger partial charge is 0.239 e. The van der Waals surface area contributed by atoms with Gasteiger partial charge in [0.25, 0.3) is 0 Å². The Bertz CT molecular complexity index is 810. The highest BCUT2D eigenvalue weighted by Crippen LogP contribution is 2.24. The summed E-state index contributed by atoms with van der Waals surface area (Å²) >= 11 is 6.15. The first-order valence-corrected chi connectivity index (χ1v) is 10.6. The molecule has 1 heterocycles. The Labute approximate surface area is 177 Å². The summed E-state index contributed by atoms with van der Waals surface area (Å²) in [5, 5.41) is 4.25. The highest BCUT2D eigenvalue weighted by Gasteiger charge is 2.38. The third kappa shape index (κ3) is 5.78. The number of rotatable bonds is 8. The molecule has 0 radical (unpaired) electrons. The molecule has 29 heavy (non-hydrogen) atoms. The lowest BCUT2D eigenvalue weighted by Gasteiger charge is -2.28. The lowest BCUT2D eigenvalue weighted by molar-refractivity contribution is -0.135. The first-order valence-electron chi connectivity index (χ1n) is 10.2. The number of amides is 1. The number of hydrogen-bond donors (Lipinski definition) is 1. The first kappa shape index (κ1) is 21.8. The standard InChI is InChI=1S/C23H29ClFN3O/c1-3-27(4-2)23(29)22-13-21(26-14-17-8-10-20(25)11-9-17)16-28(22)15-18-6-5-7-19(24)12-18/h5-12,21-22,26H,3-4,13-16H2,1-2H3/t21-,22+/m1/s1. The van der Waals surface area contributed by atoms with Crippen LogP contribution in [0, 0.1) is 5.82 Å². The Morgan fingerprint density at radius 2 is 1.90 bits per heavy atom. The van der Waals surface area contributed by atoms with Crippen LogP contribution >= 0.6 is 11.6 Å². The van der Waals surface area contributed by atoms with Crippen molar-refractivity contribution in [3.63, 3.8) is 0 Å². The van der Waals surface area contributed by atoms with Gasteiger partial charge in [0.2, 0.25) is 5.91 Å². The van der Waals surface area contributed by atoms with Crippen molar-refractivity contribution >= 4 is 17.5 Å². The van der Waals surface area contributed by atoms with Gasteiger partial charge in [-0.15, -0.1) is 0 Å². The van der Waals surface area contributed by atoms with Crippen molar-refractivity contribution in [1.29, 1.82) is 0 Å². The van der Waals surface area contributed by atoms with Gasteiger partial charge in [0, 0.05) is 43.8 Å². The molecule has 3 rings (SSSR count). The highest BCUT2D eigenvalue weighted by atomic mass is 35.5. The van der Waals surface area contributed by atoms with Gasteiger partial charge >= 0.3 is 0 Å². The summed E-state index contributed by atoms with van der Waals surface area (Å²) in [7, 11) is 0. The molecule has 1 fully saturated rings. The highest BCUT2D eigenvalue weighted by molar-refractivity contribution is 6.30. The maximum Gasteiger partial charge on any atom is 0.239 e. The zero-order valence-electron chi connectivity index (χ0n) is 17.1. The molecule has 2 atom stereocenters. The molecule has 156 valence electrons. The number of likely N-dealkylation sites (N-methyl/N-ethyl adjacent to an activating group) is 1. The normalized spacial score (nSPS) is 19.4. The average Bonchev–Trinajstić information content (AvgIpc) is 3.11. The molecule has 1 N–H and O–H groups in total. The molecule has 0 spiro atoms. The minimum Gasteiger partial charge on any atom is -0.342 e. The van der Waals surface area contributed by atoms with Gasteiger partial charge in [0.1, 0.15) is 5.82 Å². The van der Waals surface area contributed by atoms with Gasteiger partial charge in [-0.2, -0.15) is 0 Å². The predicted molar refractivity (Wildman–Crippen MR) is 115 cm³/mol. The molecule has 1 amide bonds. The maximum atomic E-state index is 13.1. The number of carbonyl (C=O) groups is 1. The lowest BCUT2D eigenvalue weighted by atomic mass is 10.1. The molecule has 0 unspecified atom stereocenters. The molecule has 4 nitrogen and oxygen atoms in total. The number of hydrogen-bond acceptors (Lipinski definition) is 3. The summed E-state index contributed by atoms with van der Waals surface area (Å²) in [5.74, 6) is -0.0460. The summed E-state index contributed by atoms with van der Waals surface area (Å²) in [6.45, 7) is 7.58. The van der Waals surface area contributed by atoms with Gasteiger partial charge in [-0.3, -0.25) is 9.69 Å². The number of nitrogens with zero attached hydrogens (tertiary/aromatic N) is 2. The molecular weight excluding hydrogens is 389 g/mol. The Kier molecular flexibility index (Phi) is 7.64. The minimum atomic E-state index is -0.229. The second kappa shape index (κ2) is 10.2. The van der Waals surface area contributed by atoms with Crippen LogP contribution in [0.4, 0.5) is 4.39 Å². The van der Waals surface area contributed by atoms with E-state index in [1.54, 1.807) is 12.1 Å². The van der Waals surface area contributed by atoms with E-state index in [1.165, 1.54) is 12.1 Å². The van der Waals surface area contributed by atoms with Crippen molar-refractivity contribution in [1.82, 2.24) is 15.1 Å². The van der Waals surface area contributed by atoms with E-state index in [4.69, 9.17) is 11.6 Å². The Balaban J connectivity index is 1.70. The van der Waals surface area contributed by atoms with E-state index < -0.39 is 0 Å². The summed E-state index contributed by atoms with van der Waals surface area (Å²) in [5.41, 5.74) is 2.14. The van der Waals surface area contributed by atoms with E-state index >= 15 is 0 Å². The van der Waals surface area contributed by atoms with Crippen molar-refractivity contribution < 1.29 is 9.18 Å². The van der Waals surface area contributed by atoms with Gasteiger partial charge in [0.05, 0.1) is 6.04 Å². The van der Waals surface area contributed by atoms with Crippen LogP contribution in [0.5, 0.6) is 0 Å². The van der Waals surface area contributed by atoms with Gasteiger partial charge in [-0.1, -0.05) is 35.9 Å². The SMILES string of the molecule is CCN(CC)C(=O)[C@@H]1C[C@@H](NCc2ccc(F)cc2)CN1Cc1cccc(Cl)c1. The number of nitrogens with one attached hydrogen (secondary N) is 1. The third-order valence-electron chi connectivity index (χ3n) is 5.55. The van der Waals surface area contributed by atoms with E-state index in [0.717, 1.165) is 24.1 Å². The van der Waals surface area contributed by atoms with Crippen LogP contribution in [0.1, 0.15) is 31.4 Å². The van der Waals surface area contributed by atoms with Crippen molar-refractivity contribution in [2.45, 2.75) is 45.4 Å². The van der Waals surface area contributed by atoms with Crippen LogP contribution in [0.25, 0.3) is 0 Å². The first-order chi connectivity index (χ1) is 14.0. The number of carbonyl (C=O) groups excluding carboxylic acids is 1. The quantitative estimate of drug-likeness (QED) is 0.703.